The molecule has 0 bridgehead atoms. The van der Waals surface area contributed by atoms with E-state index in [2.05, 4.69) is 27.3 Å². The molecule has 126 valence electrons. The van der Waals surface area contributed by atoms with E-state index in [0.29, 0.717) is 18.9 Å². The Morgan fingerprint density at radius 3 is 2.65 bits per heavy atom. The van der Waals surface area contributed by atoms with Gasteiger partial charge in [-0.2, -0.15) is 0 Å². The summed E-state index contributed by atoms with van der Waals surface area (Å²) >= 11 is 1.74. The van der Waals surface area contributed by atoms with Crippen molar-refractivity contribution in [3.05, 3.63) is 22.4 Å². The molecule has 2 N–H and O–H groups in total. The van der Waals surface area contributed by atoms with Crippen molar-refractivity contribution in [2.45, 2.75) is 38.1 Å². The lowest BCUT2D eigenvalue weighted by Crippen LogP contribution is -2.43. The molecular formula is C17H25N3O2S. The molecule has 1 atom stereocenters. The normalized spacial score (nSPS) is 23.3. The van der Waals surface area contributed by atoms with E-state index in [4.69, 9.17) is 5.73 Å². The summed E-state index contributed by atoms with van der Waals surface area (Å²) in [6, 6.07) is 4.47. The van der Waals surface area contributed by atoms with Gasteiger partial charge in [-0.15, -0.1) is 11.3 Å². The summed E-state index contributed by atoms with van der Waals surface area (Å²) in [5, 5.41) is 2.08. The highest BCUT2D eigenvalue weighted by Gasteiger charge is 2.32. The number of amides is 2. The molecule has 0 spiro atoms. The zero-order valence-corrected chi connectivity index (χ0v) is 14.3. The number of rotatable bonds is 5. The maximum Gasteiger partial charge on any atom is 0.237 e. The van der Waals surface area contributed by atoms with Gasteiger partial charge < -0.3 is 10.6 Å². The molecule has 0 aromatic carbocycles. The first-order chi connectivity index (χ1) is 11.1. The molecule has 2 aliphatic heterocycles. The number of piperidine rings is 1. The van der Waals surface area contributed by atoms with Crippen LogP contribution in [0, 0.1) is 5.92 Å². The first kappa shape index (κ1) is 16.5. The van der Waals surface area contributed by atoms with Gasteiger partial charge in [0.25, 0.3) is 0 Å². The number of carbonyl (C=O) groups excluding carboxylic acids is 2. The molecule has 1 aromatic rings. The van der Waals surface area contributed by atoms with Crippen molar-refractivity contribution in [1.82, 2.24) is 9.80 Å². The Morgan fingerprint density at radius 1 is 1.22 bits per heavy atom. The maximum atomic E-state index is 12.7. The van der Waals surface area contributed by atoms with Crippen LogP contribution in [0.25, 0.3) is 0 Å². The van der Waals surface area contributed by atoms with Crippen molar-refractivity contribution in [3.63, 3.8) is 0 Å². The van der Waals surface area contributed by atoms with Gasteiger partial charge in [-0.25, -0.2) is 0 Å². The Labute approximate surface area is 141 Å². The fraction of sp³-hybridized carbons (Fsp3) is 0.647. The van der Waals surface area contributed by atoms with Gasteiger partial charge in [-0.1, -0.05) is 6.07 Å². The molecule has 1 aromatic heterocycles. The SMILES string of the molecule is NC(=O)CC1CCN(CC(=O)N2CCCC2c2cccs2)CC1. The van der Waals surface area contributed by atoms with Crippen LogP contribution < -0.4 is 5.73 Å². The average molecular weight is 335 g/mol. The molecule has 2 aliphatic rings. The number of likely N-dealkylation sites (tertiary alicyclic amines) is 2. The first-order valence-corrected chi connectivity index (χ1v) is 9.35. The topological polar surface area (TPSA) is 66.6 Å². The third-order valence-corrected chi connectivity index (χ3v) is 5.97. The highest BCUT2D eigenvalue weighted by Crippen LogP contribution is 2.34. The van der Waals surface area contributed by atoms with Crippen molar-refractivity contribution in [1.29, 1.82) is 0 Å². The van der Waals surface area contributed by atoms with E-state index in [1.165, 1.54) is 4.88 Å². The number of thiophene rings is 1. The molecule has 1 unspecified atom stereocenters. The summed E-state index contributed by atoms with van der Waals surface area (Å²) in [4.78, 5) is 29.3. The van der Waals surface area contributed by atoms with Gasteiger partial charge >= 0.3 is 0 Å². The van der Waals surface area contributed by atoms with Crippen LogP contribution >= 0.6 is 11.3 Å². The van der Waals surface area contributed by atoms with Crippen molar-refractivity contribution in [2.24, 2.45) is 11.7 Å². The lowest BCUT2D eigenvalue weighted by molar-refractivity contribution is -0.134. The van der Waals surface area contributed by atoms with Gasteiger partial charge in [0.05, 0.1) is 12.6 Å². The zero-order chi connectivity index (χ0) is 16.2. The van der Waals surface area contributed by atoms with E-state index in [0.717, 1.165) is 45.3 Å². The summed E-state index contributed by atoms with van der Waals surface area (Å²) < 4.78 is 0. The Bertz CT molecular complexity index is 538. The third kappa shape index (κ3) is 4.12. The van der Waals surface area contributed by atoms with Crippen LogP contribution in [0.1, 0.15) is 43.0 Å². The van der Waals surface area contributed by atoms with Gasteiger partial charge in [-0.05, 0) is 56.1 Å². The van der Waals surface area contributed by atoms with Crippen LogP contribution in [0.3, 0.4) is 0 Å². The number of carbonyl (C=O) groups is 2. The number of primary amides is 1. The standard InChI is InChI=1S/C17H25N3O2S/c18-16(21)11-13-5-8-19(9-6-13)12-17(22)20-7-1-3-14(20)15-4-2-10-23-15/h2,4,10,13-14H,1,3,5-9,11-12H2,(H2,18,21). The van der Waals surface area contributed by atoms with E-state index in [1.807, 2.05) is 0 Å². The molecule has 2 saturated heterocycles. The second kappa shape index (κ2) is 7.45. The monoisotopic (exact) mass is 335 g/mol. The molecule has 0 saturated carbocycles. The average Bonchev–Trinajstić information content (AvgIpc) is 3.19. The van der Waals surface area contributed by atoms with Crippen LogP contribution in [0.15, 0.2) is 17.5 Å². The van der Waals surface area contributed by atoms with Crippen LogP contribution in [0.2, 0.25) is 0 Å². The molecule has 0 radical (unpaired) electrons. The quantitative estimate of drug-likeness (QED) is 0.895. The number of nitrogens with two attached hydrogens (primary N) is 1. The number of hydrogen-bond donors (Lipinski definition) is 1. The van der Waals surface area contributed by atoms with Crippen molar-refractivity contribution in [3.8, 4) is 0 Å². The first-order valence-electron chi connectivity index (χ1n) is 8.47. The summed E-state index contributed by atoms with van der Waals surface area (Å²) in [5.74, 6) is 0.425. The highest BCUT2D eigenvalue weighted by atomic mass is 32.1. The third-order valence-electron chi connectivity index (χ3n) is 5.00. The molecule has 0 aliphatic carbocycles. The van der Waals surface area contributed by atoms with Crippen LogP contribution in [0.4, 0.5) is 0 Å². The van der Waals surface area contributed by atoms with Crippen LogP contribution in [-0.4, -0.2) is 47.8 Å². The van der Waals surface area contributed by atoms with Gasteiger partial charge in [0.2, 0.25) is 11.8 Å². The van der Waals surface area contributed by atoms with E-state index in [-0.39, 0.29) is 17.9 Å². The summed E-state index contributed by atoms with van der Waals surface area (Å²) in [7, 11) is 0. The van der Waals surface area contributed by atoms with E-state index in [1.54, 1.807) is 11.3 Å². The molecule has 2 fully saturated rings. The minimum Gasteiger partial charge on any atom is -0.370 e. The lowest BCUT2D eigenvalue weighted by Gasteiger charge is -2.33. The Kier molecular flexibility index (Phi) is 5.33. The minimum atomic E-state index is -0.213. The Hall–Kier alpha value is -1.40. The van der Waals surface area contributed by atoms with Gasteiger partial charge in [0, 0.05) is 17.8 Å². The Morgan fingerprint density at radius 2 is 2.00 bits per heavy atom. The fourth-order valence-electron chi connectivity index (χ4n) is 3.76. The Balaban J connectivity index is 1.50. The van der Waals surface area contributed by atoms with Crippen molar-refractivity contribution < 1.29 is 9.59 Å². The number of hydrogen-bond acceptors (Lipinski definition) is 4. The lowest BCUT2D eigenvalue weighted by atomic mass is 9.93. The van der Waals surface area contributed by atoms with Gasteiger partial charge in [0.1, 0.15) is 0 Å². The predicted octanol–water partition coefficient (Wildman–Crippen LogP) is 2.00. The molecule has 5 nitrogen and oxygen atoms in total. The summed E-state index contributed by atoms with van der Waals surface area (Å²) in [6.07, 6.45) is 4.57. The molecule has 2 amide bonds. The van der Waals surface area contributed by atoms with Gasteiger partial charge in [-0.3, -0.25) is 14.5 Å². The molecule has 23 heavy (non-hydrogen) atoms. The van der Waals surface area contributed by atoms with E-state index in [9.17, 15) is 9.59 Å². The smallest absolute Gasteiger partial charge is 0.237 e. The largest absolute Gasteiger partial charge is 0.370 e. The van der Waals surface area contributed by atoms with Gasteiger partial charge in [0.15, 0.2) is 0 Å². The van der Waals surface area contributed by atoms with Crippen molar-refractivity contribution >= 4 is 23.2 Å². The maximum absolute atomic E-state index is 12.7. The molecule has 3 rings (SSSR count). The summed E-state index contributed by atoms with van der Waals surface area (Å²) in [5.41, 5.74) is 5.27. The van der Waals surface area contributed by atoms with Crippen LogP contribution in [0.5, 0.6) is 0 Å². The van der Waals surface area contributed by atoms with E-state index >= 15 is 0 Å². The molecular weight excluding hydrogens is 310 g/mol. The fourth-order valence-corrected chi connectivity index (χ4v) is 4.63. The predicted molar refractivity (Wildman–Crippen MR) is 91.0 cm³/mol. The van der Waals surface area contributed by atoms with Crippen LogP contribution in [-0.2, 0) is 9.59 Å². The molecule has 3 heterocycles. The second-order valence-electron chi connectivity index (χ2n) is 6.65. The van der Waals surface area contributed by atoms with E-state index < -0.39 is 0 Å². The number of nitrogens with zero attached hydrogens (tertiary/aromatic N) is 2. The summed E-state index contributed by atoms with van der Waals surface area (Å²) in [6.45, 7) is 3.16. The zero-order valence-electron chi connectivity index (χ0n) is 13.4. The molecule has 6 heteroatoms. The highest BCUT2D eigenvalue weighted by molar-refractivity contribution is 7.10. The minimum absolute atomic E-state index is 0.213. The second-order valence-corrected chi connectivity index (χ2v) is 7.63. The van der Waals surface area contributed by atoms with Crippen molar-refractivity contribution in [2.75, 3.05) is 26.2 Å².